The number of fused-ring (bicyclic) bond motifs is 1. The summed E-state index contributed by atoms with van der Waals surface area (Å²) < 4.78 is 1.71. The zero-order valence-corrected chi connectivity index (χ0v) is 15.8. The van der Waals surface area contributed by atoms with Gasteiger partial charge in [-0.1, -0.05) is 0 Å². The van der Waals surface area contributed by atoms with Crippen molar-refractivity contribution in [3.63, 3.8) is 0 Å². The fraction of sp³-hybridized carbons (Fsp3) is 0.750. The van der Waals surface area contributed by atoms with Crippen LogP contribution in [0.4, 0.5) is 0 Å². The third-order valence-corrected chi connectivity index (χ3v) is 6.41. The first-order chi connectivity index (χ1) is 12.6. The van der Waals surface area contributed by atoms with Gasteiger partial charge in [0.1, 0.15) is 0 Å². The predicted molar refractivity (Wildman–Crippen MR) is 100 cm³/mol. The lowest BCUT2D eigenvalue weighted by molar-refractivity contribution is -0.130. The van der Waals surface area contributed by atoms with E-state index in [9.17, 15) is 9.59 Å². The van der Waals surface area contributed by atoms with Crippen LogP contribution in [0.3, 0.4) is 0 Å². The van der Waals surface area contributed by atoms with Crippen LogP contribution in [-0.4, -0.2) is 57.7 Å². The van der Waals surface area contributed by atoms with Crippen molar-refractivity contribution in [2.75, 3.05) is 26.2 Å². The van der Waals surface area contributed by atoms with Gasteiger partial charge in [-0.2, -0.15) is 5.10 Å². The van der Waals surface area contributed by atoms with E-state index in [1.807, 2.05) is 4.90 Å². The lowest BCUT2D eigenvalue weighted by atomic mass is 9.96. The molecule has 0 aromatic carbocycles. The molecule has 1 amide bonds. The zero-order valence-electron chi connectivity index (χ0n) is 15.8. The Morgan fingerprint density at radius 2 is 1.92 bits per heavy atom. The van der Waals surface area contributed by atoms with Gasteiger partial charge in [0.15, 0.2) is 0 Å². The third kappa shape index (κ3) is 3.70. The zero-order chi connectivity index (χ0) is 18.1. The normalized spacial score (nSPS) is 24.2. The minimum absolute atomic E-state index is 0.0659. The van der Waals surface area contributed by atoms with E-state index in [2.05, 4.69) is 10.00 Å². The van der Waals surface area contributed by atoms with E-state index in [1.54, 1.807) is 17.7 Å². The van der Waals surface area contributed by atoms with E-state index in [0.717, 1.165) is 88.9 Å². The number of nitrogens with zero attached hydrogens (tertiary/aromatic N) is 4. The molecule has 1 aromatic heterocycles. The van der Waals surface area contributed by atoms with Crippen LogP contribution < -0.4 is 5.56 Å². The highest BCUT2D eigenvalue weighted by molar-refractivity contribution is 5.73. The van der Waals surface area contributed by atoms with Crippen molar-refractivity contribution < 1.29 is 4.79 Å². The summed E-state index contributed by atoms with van der Waals surface area (Å²) in [5.74, 6) is 0.743. The minimum atomic E-state index is 0.0659. The van der Waals surface area contributed by atoms with Gasteiger partial charge in [-0.3, -0.25) is 9.59 Å². The van der Waals surface area contributed by atoms with E-state index < -0.39 is 0 Å². The summed E-state index contributed by atoms with van der Waals surface area (Å²) in [5.41, 5.74) is 2.36. The Labute approximate surface area is 155 Å². The van der Waals surface area contributed by atoms with Crippen LogP contribution in [-0.2, 0) is 24.2 Å². The molecule has 0 spiro atoms. The van der Waals surface area contributed by atoms with Crippen molar-refractivity contribution >= 4 is 5.91 Å². The number of carbonyl (C=O) groups excluding carboxylic acids is 1. The predicted octanol–water partition coefficient (Wildman–Crippen LogP) is 1.45. The molecule has 26 heavy (non-hydrogen) atoms. The molecular weight excluding hydrogens is 328 g/mol. The van der Waals surface area contributed by atoms with E-state index in [-0.39, 0.29) is 11.5 Å². The average Bonchev–Trinajstić information content (AvgIpc) is 3.26. The second-order valence-corrected chi connectivity index (χ2v) is 8.24. The van der Waals surface area contributed by atoms with Crippen LogP contribution in [0.5, 0.6) is 0 Å². The maximum Gasteiger partial charge on any atom is 0.267 e. The summed E-state index contributed by atoms with van der Waals surface area (Å²) in [6, 6.07) is 2.20. The molecule has 2 aliphatic heterocycles. The third-order valence-electron chi connectivity index (χ3n) is 6.41. The van der Waals surface area contributed by atoms with Gasteiger partial charge in [0.05, 0.1) is 5.69 Å². The van der Waals surface area contributed by atoms with Crippen molar-refractivity contribution in [3.05, 3.63) is 27.7 Å². The van der Waals surface area contributed by atoms with Gasteiger partial charge in [0.25, 0.3) is 5.56 Å². The fourth-order valence-corrected chi connectivity index (χ4v) is 4.90. The molecule has 2 fully saturated rings. The lowest BCUT2D eigenvalue weighted by Crippen LogP contribution is -2.45. The maximum atomic E-state index is 12.3. The van der Waals surface area contributed by atoms with Crippen molar-refractivity contribution in [1.82, 2.24) is 19.6 Å². The molecule has 3 aliphatic rings. The highest BCUT2D eigenvalue weighted by Gasteiger charge is 2.30. The topological polar surface area (TPSA) is 58.4 Å². The Bertz CT molecular complexity index is 721. The SMILES string of the molecule is CC(=O)N1CCCC1CN1CCC(Cn2nc3c(cc2=O)CCC3)CC1. The molecule has 1 aliphatic carbocycles. The molecule has 0 N–H and O–H groups in total. The molecule has 3 heterocycles. The van der Waals surface area contributed by atoms with Crippen LogP contribution >= 0.6 is 0 Å². The monoisotopic (exact) mass is 358 g/mol. The van der Waals surface area contributed by atoms with Gasteiger partial charge in [0.2, 0.25) is 5.91 Å². The summed E-state index contributed by atoms with van der Waals surface area (Å²) in [6.45, 7) is 6.49. The van der Waals surface area contributed by atoms with Gasteiger partial charge in [0, 0.05) is 38.7 Å². The molecule has 0 bridgehead atoms. The van der Waals surface area contributed by atoms with Crippen LogP contribution in [0.25, 0.3) is 0 Å². The first-order valence-corrected chi connectivity index (χ1v) is 10.2. The van der Waals surface area contributed by atoms with Crippen LogP contribution in [0.15, 0.2) is 10.9 Å². The molecule has 142 valence electrons. The fourth-order valence-electron chi connectivity index (χ4n) is 4.90. The van der Waals surface area contributed by atoms with E-state index in [4.69, 9.17) is 0 Å². The molecule has 2 saturated heterocycles. The van der Waals surface area contributed by atoms with E-state index in [0.29, 0.717) is 12.0 Å². The average molecular weight is 358 g/mol. The standard InChI is InChI=1S/C20H30N4O2/c1-15(25)23-9-3-5-18(23)14-22-10-7-16(8-11-22)13-24-20(26)12-17-4-2-6-19(17)21-24/h12,16,18H,2-11,13-14H2,1H3. The summed E-state index contributed by atoms with van der Waals surface area (Å²) in [7, 11) is 0. The molecule has 6 nitrogen and oxygen atoms in total. The quantitative estimate of drug-likeness (QED) is 0.818. The Morgan fingerprint density at radius 3 is 2.69 bits per heavy atom. The van der Waals surface area contributed by atoms with Gasteiger partial charge >= 0.3 is 0 Å². The highest BCUT2D eigenvalue weighted by Crippen LogP contribution is 2.23. The van der Waals surface area contributed by atoms with Crippen LogP contribution in [0.1, 0.15) is 50.3 Å². The van der Waals surface area contributed by atoms with E-state index in [1.165, 1.54) is 0 Å². The Morgan fingerprint density at radius 1 is 1.12 bits per heavy atom. The number of carbonyl (C=O) groups is 1. The van der Waals surface area contributed by atoms with Gasteiger partial charge in [-0.25, -0.2) is 4.68 Å². The lowest BCUT2D eigenvalue weighted by Gasteiger charge is -2.35. The Balaban J connectivity index is 1.30. The van der Waals surface area contributed by atoms with Crippen molar-refractivity contribution in [3.8, 4) is 0 Å². The number of rotatable bonds is 4. The van der Waals surface area contributed by atoms with Crippen molar-refractivity contribution in [1.29, 1.82) is 0 Å². The molecule has 4 rings (SSSR count). The summed E-state index contributed by atoms with van der Waals surface area (Å²) in [6.07, 6.45) is 7.64. The van der Waals surface area contributed by atoms with Crippen LogP contribution in [0, 0.1) is 5.92 Å². The number of amides is 1. The summed E-state index contributed by atoms with van der Waals surface area (Å²) in [4.78, 5) is 28.6. The second-order valence-electron chi connectivity index (χ2n) is 8.24. The van der Waals surface area contributed by atoms with Gasteiger partial charge < -0.3 is 9.80 Å². The summed E-state index contributed by atoms with van der Waals surface area (Å²) >= 11 is 0. The highest BCUT2D eigenvalue weighted by atomic mass is 16.2. The molecular formula is C20H30N4O2. The molecule has 0 saturated carbocycles. The minimum Gasteiger partial charge on any atom is -0.339 e. The molecule has 1 unspecified atom stereocenters. The first kappa shape index (κ1) is 17.7. The molecule has 1 atom stereocenters. The van der Waals surface area contributed by atoms with Gasteiger partial charge in [-0.05, 0) is 69.5 Å². The summed E-state index contributed by atoms with van der Waals surface area (Å²) in [5, 5.41) is 4.62. The number of likely N-dealkylation sites (tertiary alicyclic amines) is 2. The Kier molecular flexibility index (Phi) is 5.11. The van der Waals surface area contributed by atoms with E-state index >= 15 is 0 Å². The second kappa shape index (κ2) is 7.51. The van der Waals surface area contributed by atoms with Gasteiger partial charge in [-0.15, -0.1) is 0 Å². The number of hydrogen-bond acceptors (Lipinski definition) is 4. The number of piperidine rings is 1. The maximum absolute atomic E-state index is 12.3. The number of aromatic nitrogens is 2. The van der Waals surface area contributed by atoms with Crippen LogP contribution in [0.2, 0.25) is 0 Å². The van der Waals surface area contributed by atoms with Crippen molar-refractivity contribution in [2.24, 2.45) is 5.92 Å². The van der Waals surface area contributed by atoms with Crippen molar-refractivity contribution in [2.45, 2.75) is 64.5 Å². The molecule has 6 heteroatoms. The number of hydrogen-bond donors (Lipinski definition) is 0. The Hall–Kier alpha value is -1.69. The molecule has 1 aromatic rings. The number of aryl methyl sites for hydroxylation is 2. The largest absolute Gasteiger partial charge is 0.339 e. The first-order valence-electron chi connectivity index (χ1n) is 10.2. The smallest absolute Gasteiger partial charge is 0.267 e. The molecule has 0 radical (unpaired) electrons.